The number of hydrogen-bond donors (Lipinski definition) is 1. The van der Waals surface area contributed by atoms with E-state index in [1.54, 1.807) is 4.31 Å². The van der Waals surface area contributed by atoms with E-state index in [0.717, 1.165) is 25.9 Å². The molecule has 0 spiro atoms. The second kappa shape index (κ2) is 7.08. The summed E-state index contributed by atoms with van der Waals surface area (Å²) in [6.07, 6.45) is 5.88. The fourth-order valence-electron chi connectivity index (χ4n) is 2.98. The van der Waals surface area contributed by atoms with E-state index in [1.807, 2.05) is 6.92 Å². The van der Waals surface area contributed by atoms with Crippen molar-refractivity contribution in [2.24, 2.45) is 5.92 Å². The van der Waals surface area contributed by atoms with E-state index in [9.17, 15) is 8.42 Å². The molecule has 1 saturated carbocycles. The molecule has 2 rings (SSSR count). The topological polar surface area (TPSA) is 49.4 Å². The predicted octanol–water partition coefficient (Wildman–Crippen LogP) is 1.61. The van der Waals surface area contributed by atoms with E-state index in [4.69, 9.17) is 0 Å². The van der Waals surface area contributed by atoms with Crippen LogP contribution in [0.2, 0.25) is 0 Å². The number of nitrogens with zero attached hydrogens (tertiary/aromatic N) is 1. The first kappa shape index (κ1) is 16.2. The van der Waals surface area contributed by atoms with Crippen LogP contribution in [-0.4, -0.2) is 44.2 Å². The number of rotatable bonds is 3. The lowest BCUT2D eigenvalue weighted by Crippen LogP contribution is -2.53. The third kappa shape index (κ3) is 4.08. The highest BCUT2D eigenvalue weighted by atomic mass is 35.5. The van der Waals surface area contributed by atoms with Crippen LogP contribution in [0.25, 0.3) is 0 Å². The van der Waals surface area contributed by atoms with Crippen LogP contribution in [0.4, 0.5) is 0 Å². The Balaban J connectivity index is 0.00000162. The number of piperazine rings is 1. The van der Waals surface area contributed by atoms with Gasteiger partial charge in [0.1, 0.15) is 0 Å². The van der Waals surface area contributed by atoms with Crippen molar-refractivity contribution in [3.63, 3.8) is 0 Å². The Morgan fingerprint density at radius 3 is 2.50 bits per heavy atom. The van der Waals surface area contributed by atoms with Crippen molar-refractivity contribution in [2.75, 3.05) is 25.4 Å². The van der Waals surface area contributed by atoms with Crippen LogP contribution in [-0.2, 0) is 10.0 Å². The standard InChI is InChI=1S/C12H24N2O2S.ClH/c1-11-9-13-7-8-14(11)17(15,16)10-12-5-3-2-4-6-12;/h11-13H,2-10H2,1H3;1H/t11-;/m0./s1. The van der Waals surface area contributed by atoms with Gasteiger partial charge in [-0.15, -0.1) is 12.4 Å². The van der Waals surface area contributed by atoms with Crippen molar-refractivity contribution in [3.05, 3.63) is 0 Å². The molecule has 0 unspecified atom stereocenters. The molecule has 0 radical (unpaired) electrons. The van der Waals surface area contributed by atoms with Gasteiger partial charge in [-0.05, 0) is 25.7 Å². The summed E-state index contributed by atoms with van der Waals surface area (Å²) in [5.41, 5.74) is 0. The zero-order valence-corrected chi connectivity index (χ0v) is 12.7. The average Bonchev–Trinajstić information content (AvgIpc) is 2.30. The molecular weight excluding hydrogens is 272 g/mol. The summed E-state index contributed by atoms with van der Waals surface area (Å²) >= 11 is 0. The van der Waals surface area contributed by atoms with Gasteiger partial charge in [0, 0.05) is 25.7 Å². The predicted molar refractivity (Wildman–Crippen MR) is 76.6 cm³/mol. The fraction of sp³-hybridized carbons (Fsp3) is 1.00. The molecule has 0 aromatic carbocycles. The van der Waals surface area contributed by atoms with Crippen LogP contribution in [0.3, 0.4) is 0 Å². The molecule has 4 nitrogen and oxygen atoms in total. The molecule has 2 fully saturated rings. The van der Waals surface area contributed by atoms with E-state index >= 15 is 0 Å². The number of sulfonamides is 1. The van der Waals surface area contributed by atoms with Crippen LogP contribution in [0.5, 0.6) is 0 Å². The molecule has 6 heteroatoms. The lowest BCUT2D eigenvalue weighted by atomic mass is 9.91. The lowest BCUT2D eigenvalue weighted by molar-refractivity contribution is 0.279. The van der Waals surface area contributed by atoms with Gasteiger partial charge in [0.25, 0.3) is 0 Å². The van der Waals surface area contributed by atoms with Gasteiger partial charge in [-0.2, -0.15) is 4.31 Å². The summed E-state index contributed by atoms with van der Waals surface area (Å²) in [7, 11) is -3.04. The summed E-state index contributed by atoms with van der Waals surface area (Å²) in [5.74, 6) is 0.771. The fourth-order valence-corrected chi connectivity index (χ4v) is 5.10. The molecule has 2 aliphatic rings. The Morgan fingerprint density at radius 1 is 1.22 bits per heavy atom. The molecular formula is C12H25ClN2O2S. The highest BCUT2D eigenvalue weighted by Crippen LogP contribution is 2.26. The van der Waals surface area contributed by atoms with Gasteiger partial charge in [-0.1, -0.05) is 19.3 Å². The van der Waals surface area contributed by atoms with E-state index in [0.29, 0.717) is 18.2 Å². The third-order valence-electron chi connectivity index (χ3n) is 3.97. The normalized spacial score (nSPS) is 27.7. The summed E-state index contributed by atoms with van der Waals surface area (Å²) in [6.45, 7) is 4.19. The number of halogens is 1. The van der Waals surface area contributed by atoms with E-state index < -0.39 is 10.0 Å². The molecule has 1 N–H and O–H groups in total. The molecule has 1 aliphatic carbocycles. The zero-order valence-electron chi connectivity index (χ0n) is 11.1. The van der Waals surface area contributed by atoms with Crippen molar-refractivity contribution >= 4 is 22.4 Å². The monoisotopic (exact) mass is 296 g/mol. The van der Waals surface area contributed by atoms with Crippen molar-refractivity contribution in [1.82, 2.24) is 9.62 Å². The van der Waals surface area contributed by atoms with Gasteiger partial charge >= 0.3 is 0 Å². The first-order chi connectivity index (χ1) is 8.09. The van der Waals surface area contributed by atoms with E-state index in [-0.39, 0.29) is 18.4 Å². The zero-order chi connectivity index (χ0) is 12.3. The number of nitrogens with one attached hydrogen (secondary N) is 1. The van der Waals surface area contributed by atoms with Crippen molar-refractivity contribution < 1.29 is 8.42 Å². The van der Waals surface area contributed by atoms with Crippen LogP contribution in [0.15, 0.2) is 0 Å². The molecule has 1 aliphatic heterocycles. The van der Waals surface area contributed by atoms with E-state index in [1.165, 1.54) is 19.3 Å². The summed E-state index contributed by atoms with van der Waals surface area (Å²) < 4.78 is 26.4. The lowest BCUT2D eigenvalue weighted by Gasteiger charge is -2.34. The van der Waals surface area contributed by atoms with Crippen molar-refractivity contribution in [2.45, 2.75) is 45.1 Å². The SMILES string of the molecule is C[C@H]1CNCCN1S(=O)(=O)CC1CCCCC1.Cl. The molecule has 0 aromatic heterocycles. The molecule has 108 valence electrons. The molecule has 1 heterocycles. The first-order valence-corrected chi connectivity index (χ1v) is 8.41. The van der Waals surface area contributed by atoms with Crippen molar-refractivity contribution in [3.8, 4) is 0 Å². The summed E-state index contributed by atoms with van der Waals surface area (Å²) in [4.78, 5) is 0. The maximum Gasteiger partial charge on any atom is 0.214 e. The Morgan fingerprint density at radius 2 is 1.89 bits per heavy atom. The van der Waals surface area contributed by atoms with E-state index in [2.05, 4.69) is 5.32 Å². The third-order valence-corrected chi connectivity index (χ3v) is 6.12. The second-order valence-corrected chi connectivity index (χ2v) is 7.41. The van der Waals surface area contributed by atoms with Crippen molar-refractivity contribution in [1.29, 1.82) is 0 Å². The quantitative estimate of drug-likeness (QED) is 0.861. The van der Waals surface area contributed by atoms with Gasteiger partial charge < -0.3 is 5.32 Å². The van der Waals surface area contributed by atoms with Gasteiger partial charge in [-0.25, -0.2) is 8.42 Å². The molecule has 1 saturated heterocycles. The summed E-state index contributed by atoms with van der Waals surface area (Å²) in [5, 5.41) is 3.23. The Labute approximate surface area is 117 Å². The smallest absolute Gasteiger partial charge is 0.214 e. The van der Waals surface area contributed by atoms with Gasteiger partial charge in [0.15, 0.2) is 0 Å². The largest absolute Gasteiger partial charge is 0.314 e. The molecule has 0 aromatic rings. The average molecular weight is 297 g/mol. The molecule has 1 atom stereocenters. The summed E-state index contributed by atoms with van der Waals surface area (Å²) in [6, 6.07) is 0.109. The Hall–Kier alpha value is 0.160. The maximum atomic E-state index is 12.4. The minimum absolute atomic E-state index is 0. The van der Waals surface area contributed by atoms with Crippen LogP contribution >= 0.6 is 12.4 Å². The maximum absolute atomic E-state index is 12.4. The van der Waals surface area contributed by atoms with Gasteiger partial charge in [0.05, 0.1) is 5.75 Å². The van der Waals surface area contributed by atoms with Crippen LogP contribution in [0.1, 0.15) is 39.0 Å². The second-order valence-electron chi connectivity index (χ2n) is 5.45. The molecule has 0 amide bonds. The Bertz CT molecular complexity index is 342. The highest BCUT2D eigenvalue weighted by Gasteiger charge is 2.31. The van der Waals surface area contributed by atoms with Crippen LogP contribution < -0.4 is 5.32 Å². The first-order valence-electron chi connectivity index (χ1n) is 6.80. The highest BCUT2D eigenvalue weighted by molar-refractivity contribution is 7.89. The van der Waals surface area contributed by atoms with Gasteiger partial charge in [0.2, 0.25) is 10.0 Å². The minimum atomic E-state index is -3.04. The Kier molecular flexibility index (Phi) is 6.38. The number of hydrogen-bond acceptors (Lipinski definition) is 3. The van der Waals surface area contributed by atoms with Gasteiger partial charge in [-0.3, -0.25) is 0 Å². The van der Waals surface area contributed by atoms with Crippen LogP contribution in [0, 0.1) is 5.92 Å². The molecule has 0 bridgehead atoms. The minimum Gasteiger partial charge on any atom is -0.314 e. The molecule has 18 heavy (non-hydrogen) atoms.